The van der Waals surface area contributed by atoms with Gasteiger partial charge in [-0.25, -0.2) is 9.59 Å². The van der Waals surface area contributed by atoms with Gasteiger partial charge in [-0.1, -0.05) is 12.1 Å². The summed E-state index contributed by atoms with van der Waals surface area (Å²) in [4.78, 5) is 25.5. The molecule has 33 heavy (non-hydrogen) atoms. The number of hydrogen-bond donors (Lipinski definition) is 0. The minimum Gasteiger partial charge on any atom is -0.496 e. The Labute approximate surface area is 187 Å². The number of benzene rings is 3. The van der Waals surface area contributed by atoms with E-state index in [-0.39, 0.29) is 23.7 Å². The highest BCUT2D eigenvalue weighted by molar-refractivity contribution is 5.97. The van der Waals surface area contributed by atoms with E-state index in [4.69, 9.17) is 28.1 Å². The Morgan fingerprint density at radius 3 is 2.39 bits per heavy atom. The molecule has 166 valence electrons. The van der Waals surface area contributed by atoms with E-state index < -0.39 is 11.6 Å². The van der Waals surface area contributed by atoms with Crippen molar-refractivity contribution in [2.45, 2.75) is 0 Å². The van der Waals surface area contributed by atoms with Crippen molar-refractivity contribution in [2.24, 2.45) is 0 Å². The van der Waals surface area contributed by atoms with Crippen molar-refractivity contribution in [1.29, 1.82) is 0 Å². The molecule has 0 saturated carbocycles. The molecule has 1 aliphatic heterocycles. The van der Waals surface area contributed by atoms with E-state index in [1.165, 1.54) is 20.3 Å². The molecule has 3 aromatic carbocycles. The lowest BCUT2D eigenvalue weighted by Crippen LogP contribution is -2.12. The van der Waals surface area contributed by atoms with Gasteiger partial charge in [-0.05, 0) is 48.0 Å². The van der Waals surface area contributed by atoms with E-state index in [0.29, 0.717) is 39.5 Å². The molecule has 0 atom stereocenters. The fourth-order valence-electron chi connectivity index (χ4n) is 3.63. The Hall–Kier alpha value is -4.46. The summed E-state index contributed by atoms with van der Waals surface area (Å²) in [6.07, 6.45) is 0. The molecular weight excluding hydrogens is 428 g/mol. The van der Waals surface area contributed by atoms with Gasteiger partial charge in [-0.2, -0.15) is 0 Å². The maximum absolute atomic E-state index is 12.8. The molecule has 0 N–H and O–H groups in total. The molecule has 0 spiro atoms. The van der Waals surface area contributed by atoms with E-state index in [0.717, 1.165) is 0 Å². The summed E-state index contributed by atoms with van der Waals surface area (Å²) in [5, 5.41) is 0.664. The number of methoxy groups -OCH3 is 2. The number of carbonyl (C=O) groups excluding carboxylic acids is 1. The van der Waals surface area contributed by atoms with Gasteiger partial charge in [-0.3, -0.25) is 0 Å². The van der Waals surface area contributed by atoms with Crippen LogP contribution in [0.3, 0.4) is 0 Å². The van der Waals surface area contributed by atoms with Crippen molar-refractivity contribution in [3.8, 4) is 39.9 Å². The third-order valence-electron chi connectivity index (χ3n) is 5.23. The molecule has 0 fully saturated rings. The lowest BCUT2D eigenvalue weighted by molar-refractivity contribution is 0.0727. The highest BCUT2D eigenvalue weighted by atomic mass is 16.7. The maximum atomic E-state index is 12.8. The zero-order chi connectivity index (χ0) is 22.9. The lowest BCUT2D eigenvalue weighted by Gasteiger charge is -2.12. The Balaban J connectivity index is 1.47. The van der Waals surface area contributed by atoms with Gasteiger partial charge >= 0.3 is 11.6 Å². The molecule has 1 aliphatic rings. The molecule has 0 aliphatic carbocycles. The molecule has 0 saturated heterocycles. The van der Waals surface area contributed by atoms with Crippen molar-refractivity contribution in [3.63, 3.8) is 0 Å². The van der Waals surface area contributed by atoms with Crippen molar-refractivity contribution in [1.82, 2.24) is 0 Å². The molecule has 4 aromatic rings. The predicted molar refractivity (Wildman–Crippen MR) is 119 cm³/mol. The zero-order valence-electron chi connectivity index (χ0n) is 17.7. The first-order valence-electron chi connectivity index (χ1n) is 9.98. The van der Waals surface area contributed by atoms with E-state index in [2.05, 4.69) is 0 Å². The second kappa shape index (κ2) is 8.23. The summed E-state index contributed by atoms with van der Waals surface area (Å²) in [6.45, 7) is 0.146. The maximum Gasteiger partial charge on any atom is 0.351 e. The van der Waals surface area contributed by atoms with E-state index in [9.17, 15) is 9.59 Å². The number of rotatable bonds is 5. The highest BCUT2D eigenvalue weighted by Crippen LogP contribution is 2.36. The number of hydrogen-bond acceptors (Lipinski definition) is 8. The molecule has 5 rings (SSSR count). The number of carbonyl (C=O) groups is 1. The first-order chi connectivity index (χ1) is 16.1. The topological polar surface area (TPSA) is 93.4 Å². The smallest absolute Gasteiger partial charge is 0.351 e. The number of esters is 1. The standard InChI is InChI=1S/C25H18O8/c1-28-19-4-3-5-20(29-2)23(19)25(27)32-16-8-6-15-10-17(24(26)33-21(15)12-16)14-7-9-18-22(11-14)31-13-30-18/h3-12H,13H2,1-2H3. The van der Waals surface area contributed by atoms with Crippen LogP contribution in [0.1, 0.15) is 10.4 Å². The molecule has 2 heterocycles. The summed E-state index contributed by atoms with van der Waals surface area (Å²) < 4.78 is 32.2. The third-order valence-corrected chi connectivity index (χ3v) is 5.23. The molecule has 8 nitrogen and oxygen atoms in total. The number of fused-ring (bicyclic) bond motifs is 2. The Bertz CT molecular complexity index is 1410. The van der Waals surface area contributed by atoms with E-state index in [1.54, 1.807) is 54.6 Å². The average Bonchev–Trinajstić information content (AvgIpc) is 3.31. The first-order valence-corrected chi connectivity index (χ1v) is 9.98. The quantitative estimate of drug-likeness (QED) is 0.253. The fourth-order valence-corrected chi connectivity index (χ4v) is 3.63. The second-order valence-electron chi connectivity index (χ2n) is 7.14. The Morgan fingerprint density at radius 2 is 1.64 bits per heavy atom. The van der Waals surface area contributed by atoms with Crippen LogP contribution in [-0.4, -0.2) is 27.0 Å². The van der Waals surface area contributed by atoms with Gasteiger partial charge in [0.25, 0.3) is 0 Å². The van der Waals surface area contributed by atoms with Crippen LogP contribution in [0, 0.1) is 0 Å². The summed E-state index contributed by atoms with van der Waals surface area (Å²) in [5.74, 6) is 1.38. The zero-order valence-corrected chi connectivity index (χ0v) is 17.7. The predicted octanol–water partition coefficient (Wildman–Crippen LogP) is 4.43. The van der Waals surface area contributed by atoms with E-state index >= 15 is 0 Å². The van der Waals surface area contributed by atoms with Crippen LogP contribution in [0.4, 0.5) is 0 Å². The van der Waals surface area contributed by atoms with Crippen LogP contribution >= 0.6 is 0 Å². The van der Waals surface area contributed by atoms with Crippen LogP contribution in [0.15, 0.2) is 69.9 Å². The second-order valence-corrected chi connectivity index (χ2v) is 7.14. The molecule has 0 unspecified atom stereocenters. The summed E-state index contributed by atoms with van der Waals surface area (Å²) in [5.41, 5.74) is 0.929. The monoisotopic (exact) mass is 446 g/mol. The molecule has 0 amide bonds. The normalized spacial score (nSPS) is 11.9. The Morgan fingerprint density at radius 1 is 0.879 bits per heavy atom. The minimum atomic E-state index is -0.664. The van der Waals surface area contributed by atoms with Gasteiger partial charge in [0.1, 0.15) is 28.4 Å². The van der Waals surface area contributed by atoms with Crippen LogP contribution in [0.2, 0.25) is 0 Å². The van der Waals surface area contributed by atoms with Crippen LogP contribution < -0.4 is 29.3 Å². The minimum absolute atomic E-state index is 0.146. The van der Waals surface area contributed by atoms with Gasteiger partial charge in [0.05, 0.1) is 19.8 Å². The molecule has 0 bridgehead atoms. The van der Waals surface area contributed by atoms with Crippen molar-refractivity contribution in [3.05, 3.63) is 76.6 Å². The molecule has 8 heteroatoms. The number of ether oxygens (including phenoxy) is 5. The highest BCUT2D eigenvalue weighted by Gasteiger charge is 2.21. The summed E-state index contributed by atoms with van der Waals surface area (Å²) in [6, 6.07) is 16.7. The fraction of sp³-hybridized carbons (Fsp3) is 0.120. The van der Waals surface area contributed by atoms with Gasteiger partial charge in [0.2, 0.25) is 6.79 Å². The van der Waals surface area contributed by atoms with E-state index in [1.807, 2.05) is 0 Å². The molecular formula is C25H18O8. The van der Waals surface area contributed by atoms with Crippen molar-refractivity contribution < 1.29 is 32.9 Å². The lowest BCUT2D eigenvalue weighted by atomic mass is 10.1. The molecule has 0 radical (unpaired) electrons. The largest absolute Gasteiger partial charge is 0.496 e. The van der Waals surface area contributed by atoms with Crippen molar-refractivity contribution >= 4 is 16.9 Å². The summed E-state index contributed by atoms with van der Waals surface area (Å²) >= 11 is 0. The van der Waals surface area contributed by atoms with Gasteiger partial charge in [-0.15, -0.1) is 0 Å². The Kier molecular flexibility index (Phi) is 5.10. The van der Waals surface area contributed by atoms with Crippen LogP contribution in [0.5, 0.6) is 28.7 Å². The van der Waals surface area contributed by atoms with Crippen LogP contribution in [0.25, 0.3) is 22.1 Å². The first kappa shape index (κ1) is 20.4. The van der Waals surface area contributed by atoms with Crippen molar-refractivity contribution in [2.75, 3.05) is 21.0 Å². The SMILES string of the molecule is COc1cccc(OC)c1C(=O)Oc1ccc2cc(-c3ccc4c(c3)OCO4)c(=O)oc2c1. The van der Waals surface area contributed by atoms with Gasteiger partial charge in [0.15, 0.2) is 11.5 Å². The summed E-state index contributed by atoms with van der Waals surface area (Å²) in [7, 11) is 2.90. The van der Waals surface area contributed by atoms with Crippen LogP contribution in [-0.2, 0) is 0 Å². The van der Waals surface area contributed by atoms with Gasteiger partial charge < -0.3 is 28.1 Å². The van der Waals surface area contributed by atoms with Gasteiger partial charge in [0, 0.05) is 11.5 Å². The molecule has 1 aromatic heterocycles. The third kappa shape index (κ3) is 3.71. The average molecular weight is 446 g/mol.